The number of rotatable bonds is 7. The van der Waals surface area contributed by atoms with Crippen LogP contribution in [0.2, 0.25) is 0 Å². The molecule has 1 N–H and O–H groups in total. The largest absolute Gasteiger partial charge is 0.492 e. The number of anilines is 2. The molecule has 148 valence electrons. The van der Waals surface area contributed by atoms with Crippen LogP contribution < -0.4 is 19.7 Å². The van der Waals surface area contributed by atoms with E-state index in [9.17, 15) is 9.59 Å². The van der Waals surface area contributed by atoms with Crippen molar-refractivity contribution >= 4 is 23.2 Å². The Morgan fingerprint density at radius 3 is 2.82 bits per heavy atom. The van der Waals surface area contributed by atoms with Gasteiger partial charge in [0.1, 0.15) is 24.7 Å². The van der Waals surface area contributed by atoms with Gasteiger partial charge >= 0.3 is 0 Å². The highest BCUT2D eigenvalue weighted by molar-refractivity contribution is 6.00. The smallest absolute Gasteiger partial charge is 0.267 e. The number of methoxy groups -OCH3 is 1. The zero-order valence-electron chi connectivity index (χ0n) is 16.2. The van der Waals surface area contributed by atoms with Crippen LogP contribution in [0.3, 0.4) is 0 Å². The van der Waals surface area contributed by atoms with E-state index < -0.39 is 6.10 Å². The van der Waals surface area contributed by atoms with Gasteiger partial charge in [-0.2, -0.15) is 0 Å². The number of hydrogen-bond donors (Lipinski definition) is 1. The van der Waals surface area contributed by atoms with Crippen molar-refractivity contribution in [1.29, 1.82) is 0 Å². The van der Waals surface area contributed by atoms with E-state index >= 15 is 0 Å². The predicted octanol–water partition coefficient (Wildman–Crippen LogP) is 2.77. The van der Waals surface area contributed by atoms with Gasteiger partial charge in [0.05, 0.1) is 12.2 Å². The van der Waals surface area contributed by atoms with Crippen LogP contribution in [0.15, 0.2) is 42.5 Å². The van der Waals surface area contributed by atoms with Gasteiger partial charge in [-0.05, 0) is 43.7 Å². The summed E-state index contributed by atoms with van der Waals surface area (Å²) in [7, 11) is 1.46. The van der Waals surface area contributed by atoms with Crippen LogP contribution >= 0.6 is 0 Å². The fourth-order valence-electron chi connectivity index (χ4n) is 3.01. The van der Waals surface area contributed by atoms with Crippen LogP contribution in [0.25, 0.3) is 0 Å². The van der Waals surface area contributed by atoms with Gasteiger partial charge in [-0.3, -0.25) is 9.59 Å². The van der Waals surface area contributed by atoms with E-state index in [0.29, 0.717) is 30.3 Å². The van der Waals surface area contributed by atoms with E-state index in [4.69, 9.17) is 14.2 Å². The third-order valence-corrected chi connectivity index (χ3v) is 4.30. The average Bonchev–Trinajstić information content (AvgIpc) is 2.65. The van der Waals surface area contributed by atoms with E-state index in [-0.39, 0.29) is 18.4 Å². The number of amides is 2. The molecule has 0 bridgehead atoms. The minimum Gasteiger partial charge on any atom is -0.492 e. The van der Waals surface area contributed by atoms with Crippen molar-refractivity contribution in [3.8, 4) is 11.5 Å². The fraction of sp³-hybridized carbons (Fsp3) is 0.333. The second-order valence-corrected chi connectivity index (χ2v) is 6.58. The Hall–Kier alpha value is -3.06. The lowest BCUT2D eigenvalue weighted by Crippen LogP contribution is -2.46. The maximum Gasteiger partial charge on any atom is 0.267 e. The molecule has 1 atom stereocenters. The molecule has 0 saturated heterocycles. The number of carbonyl (C=O) groups excluding carboxylic acids is 2. The Kier molecular flexibility index (Phi) is 6.16. The molecule has 1 aliphatic rings. The zero-order chi connectivity index (χ0) is 20.1. The number of aryl methyl sites for hydroxylation is 1. The molecule has 28 heavy (non-hydrogen) atoms. The number of hydrogen-bond acceptors (Lipinski definition) is 5. The quantitative estimate of drug-likeness (QED) is 0.794. The summed E-state index contributed by atoms with van der Waals surface area (Å²) >= 11 is 0. The van der Waals surface area contributed by atoms with Gasteiger partial charge in [-0.25, -0.2) is 0 Å². The van der Waals surface area contributed by atoms with E-state index in [1.807, 2.05) is 31.2 Å². The molecule has 0 spiro atoms. The summed E-state index contributed by atoms with van der Waals surface area (Å²) in [5.74, 6) is 0.922. The second kappa shape index (κ2) is 8.75. The van der Waals surface area contributed by atoms with Crippen LogP contribution in [-0.2, 0) is 14.3 Å². The Morgan fingerprint density at radius 1 is 1.25 bits per heavy atom. The molecule has 0 aromatic heterocycles. The highest BCUT2D eigenvalue weighted by atomic mass is 16.5. The number of nitrogens with one attached hydrogen (secondary N) is 1. The van der Waals surface area contributed by atoms with Crippen molar-refractivity contribution in [1.82, 2.24) is 0 Å². The molecule has 3 rings (SSSR count). The van der Waals surface area contributed by atoms with E-state index in [1.165, 1.54) is 7.11 Å². The van der Waals surface area contributed by atoms with Crippen molar-refractivity contribution in [3.05, 3.63) is 48.0 Å². The molecule has 7 nitrogen and oxygen atoms in total. The van der Waals surface area contributed by atoms with Crippen LogP contribution in [-0.4, -0.2) is 44.8 Å². The molecule has 0 saturated carbocycles. The SMILES string of the molecule is COCC(=O)Nc1ccc2c(c1)OC(C)C(=O)N2CCOc1cccc(C)c1. The Labute approximate surface area is 164 Å². The number of benzene rings is 2. The van der Waals surface area contributed by atoms with Gasteiger partial charge in [-0.1, -0.05) is 12.1 Å². The first-order chi connectivity index (χ1) is 13.5. The molecule has 2 aromatic rings. The summed E-state index contributed by atoms with van der Waals surface area (Å²) in [5.41, 5.74) is 2.35. The average molecular weight is 384 g/mol. The second-order valence-electron chi connectivity index (χ2n) is 6.58. The van der Waals surface area contributed by atoms with Gasteiger partial charge in [0.25, 0.3) is 5.91 Å². The molecule has 7 heteroatoms. The summed E-state index contributed by atoms with van der Waals surface area (Å²) in [6.07, 6.45) is -0.614. The minimum atomic E-state index is -0.614. The van der Waals surface area contributed by atoms with Crippen LogP contribution in [0.5, 0.6) is 11.5 Å². The van der Waals surface area contributed by atoms with Gasteiger partial charge in [0, 0.05) is 18.9 Å². The molecule has 0 aliphatic carbocycles. The summed E-state index contributed by atoms with van der Waals surface area (Å²) < 4.78 is 16.3. The Balaban J connectivity index is 1.71. The predicted molar refractivity (Wildman–Crippen MR) is 106 cm³/mol. The lowest BCUT2D eigenvalue weighted by Gasteiger charge is -2.33. The third-order valence-electron chi connectivity index (χ3n) is 4.30. The summed E-state index contributed by atoms with van der Waals surface area (Å²) in [4.78, 5) is 25.9. The molecule has 0 fully saturated rings. The first-order valence-corrected chi connectivity index (χ1v) is 9.08. The Morgan fingerprint density at radius 2 is 2.07 bits per heavy atom. The molecule has 0 radical (unpaired) electrons. The number of carbonyl (C=O) groups is 2. The van der Waals surface area contributed by atoms with Gasteiger partial charge in [-0.15, -0.1) is 0 Å². The lowest BCUT2D eigenvalue weighted by molar-refractivity contribution is -0.125. The first-order valence-electron chi connectivity index (χ1n) is 9.08. The lowest BCUT2D eigenvalue weighted by atomic mass is 10.1. The minimum absolute atomic E-state index is 0.0325. The van der Waals surface area contributed by atoms with Crippen molar-refractivity contribution < 1.29 is 23.8 Å². The molecule has 1 heterocycles. The fourth-order valence-corrected chi connectivity index (χ4v) is 3.01. The van der Waals surface area contributed by atoms with E-state index in [1.54, 1.807) is 30.0 Å². The van der Waals surface area contributed by atoms with Crippen LogP contribution in [0.4, 0.5) is 11.4 Å². The molecule has 2 aromatic carbocycles. The maximum atomic E-state index is 12.6. The standard InChI is InChI=1S/C21H24N2O5/c1-14-5-4-6-17(11-14)27-10-9-23-18-8-7-16(22-20(24)13-26-3)12-19(18)28-15(2)21(23)25/h4-8,11-12,15H,9-10,13H2,1-3H3,(H,22,24). The maximum absolute atomic E-state index is 12.6. The van der Waals surface area contributed by atoms with Crippen molar-refractivity contribution in [2.45, 2.75) is 20.0 Å². The monoisotopic (exact) mass is 384 g/mol. The number of nitrogens with zero attached hydrogens (tertiary/aromatic N) is 1. The molecular formula is C21H24N2O5. The molecule has 2 amide bonds. The van der Waals surface area contributed by atoms with E-state index in [0.717, 1.165) is 11.3 Å². The zero-order valence-corrected chi connectivity index (χ0v) is 16.2. The van der Waals surface area contributed by atoms with Crippen molar-refractivity contribution in [2.75, 3.05) is 37.1 Å². The third kappa shape index (κ3) is 4.61. The van der Waals surface area contributed by atoms with Crippen molar-refractivity contribution in [2.24, 2.45) is 0 Å². The summed E-state index contributed by atoms with van der Waals surface area (Å²) in [6.45, 7) is 4.42. The van der Waals surface area contributed by atoms with Crippen LogP contribution in [0.1, 0.15) is 12.5 Å². The van der Waals surface area contributed by atoms with Gasteiger partial charge in [0.2, 0.25) is 5.91 Å². The normalized spacial score (nSPS) is 15.6. The summed E-state index contributed by atoms with van der Waals surface area (Å²) in [6, 6.07) is 13.0. The highest BCUT2D eigenvalue weighted by Gasteiger charge is 2.31. The summed E-state index contributed by atoms with van der Waals surface area (Å²) in [5, 5.41) is 2.73. The van der Waals surface area contributed by atoms with Gasteiger partial charge < -0.3 is 24.4 Å². The first kappa shape index (κ1) is 19.7. The molecule has 1 aliphatic heterocycles. The van der Waals surface area contributed by atoms with Crippen molar-refractivity contribution in [3.63, 3.8) is 0 Å². The molecular weight excluding hydrogens is 360 g/mol. The topological polar surface area (TPSA) is 77.1 Å². The van der Waals surface area contributed by atoms with Crippen LogP contribution in [0, 0.1) is 6.92 Å². The molecule has 1 unspecified atom stereocenters. The number of fused-ring (bicyclic) bond motifs is 1. The number of ether oxygens (including phenoxy) is 3. The highest BCUT2D eigenvalue weighted by Crippen LogP contribution is 2.36. The van der Waals surface area contributed by atoms with Gasteiger partial charge in [0.15, 0.2) is 6.10 Å². The van der Waals surface area contributed by atoms with E-state index in [2.05, 4.69) is 5.32 Å². The Bertz CT molecular complexity index is 868.